The van der Waals surface area contributed by atoms with Crippen LogP contribution in [0.2, 0.25) is 0 Å². The van der Waals surface area contributed by atoms with Crippen molar-refractivity contribution in [2.75, 3.05) is 36.8 Å². The second-order valence-electron chi connectivity index (χ2n) is 18.7. The molecule has 4 atom stereocenters. The molecule has 0 bridgehead atoms. The lowest BCUT2D eigenvalue weighted by Gasteiger charge is -2.21. The van der Waals surface area contributed by atoms with E-state index in [1.54, 1.807) is 44.7 Å². The molecule has 0 spiro atoms. The first kappa shape index (κ1) is 60.6. The monoisotopic (exact) mass is 1040 g/mol. The molecule has 75 heavy (non-hydrogen) atoms. The van der Waals surface area contributed by atoms with E-state index in [1.165, 1.54) is 36.4 Å². The number of carbonyl (C=O) groups is 6. The van der Waals surface area contributed by atoms with Gasteiger partial charge in [0.1, 0.15) is 11.6 Å². The molecule has 0 unspecified atom stereocenters. The van der Waals surface area contributed by atoms with Crippen molar-refractivity contribution in [3.05, 3.63) is 104 Å². The Balaban J connectivity index is 0.000000316. The number of aliphatic hydroxyl groups is 4. The third-order valence-electron chi connectivity index (χ3n) is 13.0. The van der Waals surface area contributed by atoms with Crippen molar-refractivity contribution in [2.24, 2.45) is 0 Å². The predicted molar refractivity (Wildman–Crippen MR) is 285 cm³/mol. The first-order valence-electron chi connectivity index (χ1n) is 24.6. The largest absolute Gasteiger partial charge is 0.393 e. The molecule has 2 aromatic heterocycles. The van der Waals surface area contributed by atoms with Gasteiger partial charge in [0.25, 0.3) is 23.6 Å². The van der Waals surface area contributed by atoms with Gasteiger partial charge in [0, 0.05) is 77.5 Å². The van der Waals surface area contributed by atoms with Crippen LogP contribution in [0.3, 0.4) is 0 Å². The Morgan fingerprint density at radius 3 is 1.48 bits per heavy atom. The van der Waals surface area contributed by atoms with E-state index in [4.69, 9.17) is 0 Å². The van der Waals surface area contributed by atoms with Gasteiger partial charge in [-0.3, -0.25) is 28.8 Å². The molecule has 1 aliphatic carbocycles. The number of halogens is 2. The number of nitrogens with one attached hydrogen (secondary N) is 7. The van der Waals surface area contributed by atoms with Crippen LogP contribution < -0.4 is 26.6 Å². The average molecular weight is 1050 g/mol. The van der Waals surface area contributed by atoms with E-state index in [1.807, 2.05) is 13.8 Å². The second-order valence-corrected chi connectivity index (χ2v) is 18.7. The van der Waals surface area contributed by atoms with Crippen molar-refractivity contribution in [3.8, 4) is 0 Å². The zero-order chi connectivity index (χ0) is 53.3. The molecule has 2 aliphatic heterocycles. The van der Waals surface area contributed by atoms with Crippen LogP contribution in [-0.2, 0) is 19.2 Å². The first-order chi connectivity index (χ1) is 34.7. The van der Waals surface area contributed by atoms with E-state index in [0.29, 0.717) is 91.8 Å². The molecule has 11 N–H and O–H groups in total. The van der Waals surface area contributed by atoms with E-state index in [2.05, 4.69) is 36.6 Å². The number of nitrogens with zero attached hydrogens (tertiary/aromatic N) is 1. The van der Waals surface area contributed by atoms with Crippen LogP contribution in [0.5, 0.6) is 0 Å². The maximum Gasteiger partial charge on any atom is 0.256 e. The van der Waals surface area contributed by atoms with Crippen molar-refractivity contribution >= 4 is 70.1 Å². The van der Waals surface area contributed by atoms with Crippen LogP contribution in [0.15, 0.2) is 36.4 Å². The Bertz CT molecular complexity index is 2790. The highest BCUT2D eigenvalue weighted by Crippen LogP contribution is 2.36. The summed E-state index contributed by atoms with van der Waals surface area (Å²) < 4.78 is 27.5. The van der Waals surface area contributed by atoms with Crippen LogP contribution in [0, 0.1) is 39.3 Å². The zero-order valence-electron chi connectivity index (χ0n) is 41.9. The summed E-state index contributed by atoms with van der Waals surface area (Å²) in [5.41, 5.74) is 7.00. The van der Waals surface area contributed by atoms with E-state index < -0.39 is 36.1 Å². The SMILES string of the molecule is C.C.CCN(CC)C(=O)C[C@H](O)C[C@H](O)CCNC(=O)c1c(C)[nH]c(/C=C2\C(=O)Nc3ccc(F)cc32)c1C.Cc1[nH]c(/C=C2\C(=O)Nc3ccc(F)cc32)c(C)c1C(=O)NCC[C@@H](O)C[C@@H](O)CC(=O)NC1CC1. The summed E-state index contributed by atoms with van der Waals surface area (Å²) >= 11 is 0. The Hall–Kier alpha value is -7.00. The van der Waals surface area contributed by atoms with Gasteiger partial charge in [-0.15, -0.1) is 0 Å². The Morgan fingerprint density at radius 1 is 0.667 bits per heavy atom. The maximum absolute atomic E-state index is 13.7. The molecule has 4 aromatic rings. The first-order valence-corrected chi connectivity index (χ1v) is 24.6. The molecule has 6 amide bonds. The minimum Gasteiger partial charge on any atom is -0.393 e. The van der Waals surface area contributed by atoms with E-state index in [9.17, 15) is 58.0 Å². The standard InChI is InChI=1S/C27H35FN4O5.C26H31FN4O5.2CH4/c1-5-32(6-2)24(35)13-19(34)12-18(33)9-10-29-27(37)25-15(3)23(30-16(25)4)14-21-20-11-17(28)7-8-22(20)31-26(21)36;1-13-22(12-20-19-9-15(27)3-6-21(19)31-25(20)35)29-14(2)24(13)26(36)28-8-7-17(32)10-18(33)11-23(34)30-16-4-5-16;;/h7-8,11,14,18-19,30,33-34H,5-6,9-10,12-13H2,1-4H3,(H,29,37)(H,31,36);3,6,9,12,16-18,29,32-33H,4-5,7-8,10-11H2,1-2H3,(H,28,36)(H,30,34)(H,31,35);2*1H4/b21-14-;20-12-;;/t18-,19-;17-,18-;;/m11../s1. The van der Waals surface area contributed by atoms with Crippen LogP contribution in [0.25, 0.3) is 23.3 Å². The molecule has 7 rings (SSSR count). The normalized spacial score (nSPS) is 15.9. The number of rotatable bonds is 21. The lowest BCUT2D eigenvalue weighted by atomic mass is 10.0. The Morgan fingerprint density at radius 2 is 1.08 bits per heavy atom. The number of benzene rings is 2. The van der Waals surface area contributed by atoms with Gasteiger partial charge in [-0.2, -0.15) is 0 Å². The maximum atomic E-state index is 13.7. The van der Waals surface area contributed by atoms with Gasteiger partial charge in [0.2, 0.25) is 11.8 Å². The van der Waals surface area contributed by atoms with Crippen molar-refractivity contribution in [3.63, 3.8) is 0 Å². The van der Waals surface area contributed by atoms with Crippen LogP contribution >= 0.6 is 0 Å². The molecule has 0 saturated heterocycles. The van der Waals surface area contributed by atoms with Gasteiger partial charge in [-0.1, -0.05) is 14.9 Å². The van der Waals surface area contributed by atoms with Gasteiger partial charge < -0.3 is 61.9 Å². The lowest BCUT2D eigenvalue weighted by Crippen LogP contribution is -2.34. The number of amides is 6. The van der Waals surface area contributed by atoms with Crippen LogP contribution in [0.4, 0.5) is 20.2 Å². The van der Waals surface area contributed by atoms with Crippen molar-refractivity contribution in [2.45, 2.75) is 138 Å². The van der Waals surface area contributed by atoms with Crippen molar-refractivity contribution in [1.82, 2.24) is 30.8 Å². The molecule has 1 fully saturated rings. The van der Waals surface area contributed by atoms with Gasteiger partial charge in [-0.05, 0) is 140 Å². The van der Waals surface area contributed by atoms with Crippen LogP contribution in [-0.4, -0.2) is 127 Å². The van der Waals surface area contributed by atoms with Gasteiger partial charge >= 0.3 is 0 Å². The molecule has 1 saturated carbocycles. The molecule has 408 valence electrons. The number of fused-ring (bicyclic) bond motifs is 2. The van der Waals surface area contributed by atoms with Gasteiger partial charge in [-0.25, -0.2) is 8.78 Å². The molecule has 18 nitrogen and oxygen atoms in total. The third-order valence-corrected chi connectivity index (χ3v) is 13.0. The summed E-state index contributed by atoms with van der Waals surface area (Å²) in [5.74, 6) is -2.68. The number of carbonyl (C=O) groups excluding carboxylic acids is 6. The number of hydrogen-bond acceptors (Lipinski definition) is 10. The minimum atomic E-state index is -0.963. The molecule has 20 heteroatoms. The fraction of sp³-hybridized carbons (Fsp3) is 0.455. The molecule has 0 radical (unpaired) electrons. The summed E-state index contributed by atoms with van der Waals surface area (Å²) in [5, 5.41) is 54.4. The van der Waals surface area contributed by atoms with Gasteiger partial charge in [0.15, 0.2) is 0 Å². The second kappa shape index (κ2) is 27.0. The fourth-order valence-electron chi connectivity index (χ4n) is 8.96. The summed E-state index contributed by atoms with van der Waals surface area (Å²) in [6, 6.07) is 8.36. The highest BCUT2D eigenvalue weighted by molar-refractivity contribution is 6.35. The highest BCUT2D eigenvalue weighted by atomic mass is 19.1. The number of anilines is 2. The lowest BCUT2D eigenvalue weighted by molar-refractivity contribution is -0.133. The molecule has 4 heterocycles. The predicted octanol–water partition coefficient (Wildman–Crippen LogP) is 6.19. The Labute approximate surface area is 436 Å². The summed E-state index contributed by atoms with van der Waals surface area (Å²) in [6.07, 6.45) is 1.85. The number of H-pyrrole nitrogens is 2. The number of aliphatic hydroxyl groups excluding tert-OH is 4. The van der Waals surface area contributed by atoms with Crippen molar-refractivity contribution in [1.29, 1.82) is 0 Å². The fourth-order valence-corrected chi connectivity index (χ4v) is 8.96. The van der Waals surface area contributed by atoms with Crippen LogP contribution in [0.1, 0.15) is 146 Å². The Kier molecular flexibility index (Phi) is 21.8. The number of aryl methyl sites for hydroxylation is 2. The molecule has 3 aliphatic rings. The smallest absolute Gasteiger partial charge is 0.256 e. The zero-order valence-corrected chi connectivity index (χ0v) is 41.9. The highest BCUT2D eigenvalue weighted by Gasteiger charge is 2.29. The molecular formula is C55H74F2N8O10. The number of hydrogen-bond donors (Lipinski definition) is 11. The third kappa shape index (κ3) is 15.8. The minimum absolute atomic E-state index is 0. The molecular weight excluding hydrogens is 971 g/mol. The van der Waals surface area contributed by atoms with E-state index >= 15 is 0 Å². The van der Waals surface area contributed by atoms with E-state index in [-0.39, 0.29) is 108 Å². The summed E-state index contributed by atoms with van der Waals surface area (Å²) in [7, 11) is 0. The number of aromatic nitrogens is 2. The summed E-state index contributed by atoms with van der Waals surface area (Å²) in [4.78, 5) is 82.3. The topological polar surface area (TPSA) is 278 Å². The quantitative estimate of drug-likeness (QED) is 0.0421. The van der Waals surface area contributed by atoms with Gasteiger partial charge in [0.05, 0.1) is 59.5 Å². The van der Waals surface area contributed by atoms with E-state index in [0.717, 1.165) is 12.8 Å². The average Bonchev–Trinajstić information content (AvgIpc) is 3.80. The number of aromatic amines is 2. The van der Waals surface area contributed by atoms with Crippen molar-refractivity contribution < 1.29 is 58.0 Å². The molecule has 2 aromatic carbocycles. The summed E-state index contributed by atoms with van der Waals surface area (Å²) in [6.45, 7) is 12.2.